The molecular formula is C6H14N7O2P. The second-order valence-corrected chi connectivity index (χ2v) is 3.75. The van der Waals surface area contributed by atoms with E-state index in [4.69, 9.17) is 25.3 Å². The molecule has 1 N–H and O–H groups in total. The van der Waals surface area contributed by atoms with E-state index < -0.39 is 8.17 Å². The second kappa shape index (κ2) is 11.8. The molecule has 0 aromatic rings. The van der Waals surface area contributed by atoms with Gasteiger partial charge in [-0.15, -0.1) is 0 Å². The smallest absolute Gasteiger partial charge is 0.196 e. The first-order chi connectivity index (χ1) is 7.81. The molecule has 0 heterocycles. The van der Waals surface area contributed by atoms with E-state index in [9.17, 15) is 0 Å². The molecule has 0 atom stereocenters. The average Bonchev–Trinajstić information content (AvgIpc) is 2.28. The maximum atomic E-state index is 7.99. The molecule has 9 nitrogen and oxygen atoms in total. The van der Waals surface area contributed by atoms with Gasteiger partial charge in [-0.25, -0.2) is 0 Å². The molecule has 0 aliphatic rings. The van der Waals surface area contributed by atoms with E-state index in [2.05, 4.69) is 20.1 Å². The van der Waals surface area contributed by atoms with Crippen LogP contribution < -0.4 is 0 Å². The zero-order valence-corrected chi connectivity index (χ0v) is 9.74. The topological polar surface area (TPSA) is 140 Å². The van der Waals surface area contributed by atoms with Crippen LogP contribution >= 0.6 is 8.17 Å². The molecule has 0 unspecified atom stereocenters. The van der Waals surface area contributed by atoms with Crippen LogP contribution in [0, 0.1) is 5.16 Å². The predicted octanol–water partition coefficient (Wildman–Crippen LogP) is 3.23. The first-order valence-corrected chi connectivity index (χ1v) is 5.98. The monoisotopic (exact) mass is 247 g/mol. The largest absolute Gasteiger partial charge is 0.326 e. The minimum atomic E-state index is -1.98. The Bertz CT molecular complexity index is 269. The van der Waals surface area contributed by atoms with Crippen molar-refractivity contribution in [2.45, 2.75) is 12.8 Å². The van der Waals surface area contributed by atoms with Gasteiger partial charge in [0.15, 0.2) is 8.17 Å². The summed E-state index contributed by atoms with van der Waals surface area (Å²) in [4.78, 5) is 5.18. The molecule has 0 spiro atoms. The van der Waals surface area contributed by atoms with E-state index in [-0.39, 0.29) is 0 Å². The number of nitrogens with one attached hydrogen (secondary N) is 1. The van der Waals surface area contributed by atoms with Crippen LogP contribution in [0.1, 0.15) is 12.8 Å². The van der Waals surface area contributed by atoms with Crippen molar-refractivity contribution in [2.75, 3.05) is 26.3 Å². The third-order valence-electron chi connectivity index (χ3n) is 1.40. The molecule has 0 aliphatic heterocycles. The molecule has 90 valence electrons. The number of rotatable bonds is 10. The summed E-state index contributed by atoms with van der Waals surface area (Å²) in [5.41, 5.74) is 16.0. The van der Waals surface area contributed by atoms with Crippen LogP contribution in [0.15, 0.2) is 10.2 Å². The molecule has 16 heavy (non-hydrogen) atoms. The van der Waals surface area contributed by atoms with Crippen LogP contribution in [0.3, 0.4) is 0 Å². The molecule has 0 radical (unpaired) electrons. The highest BCUT2D eigenvalue weighted by atomic mass is 31.1. The van der Waals surface area contributed by atoms with Crippen LogP contribution in [0.5, 0.6) is 0 Å². The van der Waals surface area contributed by atoms with Crippen LogP contribution in [0.4, 0.5) is 0 Å². The second-order valence-electron chi connectivity index (χ2n) is 2.60. The summed E-state index contributed by atoms with van der Waals surface area (Å²) in [5, 5.41) is 14.0. The van der Waals surface area contributed by atoms with E-state index in [0.717, 1.165) is 0 Å². The average molecular weight is 247 g/mol. The van der Waals surface area contributed by atoms with E-state index >= 15 is 0 Å². The fourth-order valence-electron chi connectivity index (χ4n) is 0.731. The highest BCUT2D eigenvalue weighted by Crippen LogP contribution is 2.24. The Morgan fingerprint density at radius 1 is 1.00 bits per heavy atom. The molecule has 0 aromatic carbocycles. The first kappa shape index (κ1) is 14.8. The molecule has 0 bridgehead atoms. The van der Waals surface area contributed by atoms with Gasteiger partial charge in [0.1, 0.15) is 0 Å². The Morgan fingerprint density at radius 3 is 1.81 bits per heavy atom. The van der Waals surface area contributed by atoms with Crippen molar-refractivity contribution in [1.82, 2.24) is 0 Å². The third-order valence-corrected chi connectivity index (χ3v) is 2.33. The van der Waals surface area contributed by atoms with E-state index in [1.165, 1.54) is 0 Å². The normalized spacial score (nSPS) is 11.2. The third kappa shape index (κ3) is 10.8. The summed E-state index contributed by atoms with van der Waals surface area (Å²) in [7, 11) is -1.98. The molecule has 10 heteroatoms. The van der Waals surface area contributed by atoms with Crippen molar-refractivity contribution in [3.8, 4) is 0 Å². The number of hydrogen-bond donors (Lipinski definition) is 1. The lowest BCUT2D eigenvalue weighted by atomic mass is 10.5. The van der Waals surface area contributed by atoms with E-state index in [1.54, 1.807) is 0 Å². The van der Waals surface area contributed by atoms with Gasteiger partial charge in [0, 0.05) is 22.9 Å². The summed E-state index contributed by atoms with van der Waals surface area (Å²) in [5.74, 6) is 0. The van der Waals surface area contributed by atoms with Crippen LogP contribution in [-0.4, -0.2) is 26.3 Å². The fourth-order valence-corrected chi connectivity index (χ4v) is 1.47. The summed E-state index contributed by atoms with van der Waals surface area (Å²) in [6, 6.07) is 0. The number of hydrogen-bond acceptors (Lipinski definition) is 5. The summed E-state index contributed by atoms with van der Waals surface area (Å²) >= 11 is 0. The highest BCUT2D eigenvalue weighted by Gasteiger charge is 1.95. The standard InChI is InChI=1S/C6H14N7O2P/c7-12-10-3-1-5-14-16(9)15-6-2-4-11-13-8/h9,16H,1-6H2. The summed E-state index contributed by atoms with van der Waals surface area (Å²) < 4.78 is 10.1. The molecule has 0 amide bonds. The van der Waals surface area contributed by atoms with Gasteiger partial charge < -0.3 is 9.05 Å². The van der Waals surface area contributed by atoms with Gasteiger partial charge in [-0.3, -0.25) is 5.16 Å². The maximum Gasteiger partial charge on any atom is 0.196 e. The van der Waals surface area contributed by atoms with Crippen molar-refractivity contribution in [1.29, 1.82) is 5.16 Å². The van der Waals surface area contributed by atoms with Gasteiger partial charge in [0.25, 0.3) is 0 Å². The molecular weight excluding hydrogens is 233 g/mol. The lowest BCUT2D eigenvalue weighted by molar-refractivity contribution is 0.252. The van der Waals surface area contributed by atoms with Crippen LogP contribution in [0.2, 0.25) is 0 Å². The number of azide groups is 2. The van der Waals surface area contributed by atoms with Crippen molar-refractivity contribution >= 4 is 8.17 Å². The summed E-state index contributed by atoms with van der Waals surface area (Å²) in [6.45, 7) is 1.44. The van der Waals surface area contributed by atoms with Crippen LogP contribution in [-0.2, 0) is 9.05 Å². The molecule has 0 fully saturated rings. The minimum absolute atomic E-state index is 0.354. The quantitative estimate of drug-likeness (QED) is 0.208. The van der Waals surface area contributed by atoms with E-state index in [1.807, 2.05) is 0 Å². The zero-order valence-electron chi connectivity index (χ0n) is 8.74. The number of nitrogens with zero attached hydrogens (tertiary/aromatic N) is 6. The minimum Gasteiger partial charge on any atom is -0.326 e. The Morgan fingerprint density at radius 2 is 1.44 bits per heavy atom. The van der Waals surface area contributed by atoms with Crippen molar-refractivity contribution < 1.29 is 9.05 Å². The molecule has 0 aliphatic carbocycles. The SMILES string of the molecule is [N-]=[N+]=NCCCO[PH](=N)OCCCN=[N+]=[N-]. The lowest BCUT2D eigenvalue weighted by Gasteiger charge is -2.06. The predicted molar refractivity (Wildman–Crippen MR) is 60.2 cm³/mol. The lowest BCUT2D eigenvalue weighted by Crippen LogP contribution is -1.93. The van der Waals surface area contributed by atoms with Crippen LogP contribution in [0.25, 0.3) is 20.9 Å². The highest BCUT2D eigenvalue weighted by molar-refractivity contribution is 7.34. The van der Waals surface area contributed by atoms with Gasteiger partial charge in [-0.2, -0.15) is 0 Å². The molecule has 0 saturated heterocycles. The van der Waals surface area contributed by atoms with Crippen molar-refractivity contribution in [3.05, 3.63) is 20.9 Å². The van der Waals surface area contributed by atoms with Gasteiger partial charge in [0.05, 0.1) is 13.2 Å². The van der Waals surface area contributed by atoms with Gasteiger partial charge in [0.2, 0.25) is 0 Å². The Kier molecular flexibility index (Phi) is 10.9. The molecule has 0 rings (SSSR count). The Hall–Kier alpha value is -1.23. The first-order valence-electron chi connectivity index (χ1n) is 4.67. The zero-order chi connectivity index (χ0) is 12.1. The summed E-state index contributed by atoms with van der Waals surface area (Å²) in [6.07, 6.45) is 1.17. The molecule has 0 saturated carbocycles. The Balaban J connectivity index is 3.30. The fraction of sp³-hybridized carbons (Fsp3) is 1.00. The Labute approximate surface area is 93.4 Å². The van der Waals surface area contributed by atoms with Crippen molar-refractivity contribution in [3.63, 3.8) is 0 Å². The van der Waals surface area contributed by atoms with Crippen molar-refractivity contribution in [2.24, 2.45) is 10.2 Å². The van der Waals surface area contributed by atoms with Gasteiger partial charge in [-0.1, -0.05) is 10.2 Å². The van der Waals surface area contributed by atoms with E-state index in [0.29, 0.717) is 39.1 Å². The molecule has 0 aromatic heterocycles. The van der Waals surface area contributed by atoms with Gasteiger partial charge >= 0.3 is 0 Å². The van der Waals surface area contributed by atoms with Gasteiger partial charge in [-0.05, 0) is 23.9 Å². The maximum absolute atomic E-state index is 7.99.